The summed E-state index contributed by atoms with van der Waals surface area (Å²) in [6, 6.07) is 14.8. The van der Waals surface area contributed by atoms with Gasteiger partial charge >= 0.3 is 0 Å². The van der Waals surface area contributed by atoms with Crippen LogP contribution in [0, 0.1) is 5.92 Å². The van der Waals surface area contributed by atoms with Crippen LogP contribution in [0.3, 0.4) is 0 Å². The molecule has 0 radical (unpaired) electrons. The van der Waals surface area contributed by atoms with Gasteiger partial charge in [0.1, 0.15) is 12.4 Å². The van der Waals surface area contributed by atoms with Crippen LogP contribution in [-0.4, -0.2) is 24.2 Å². The number of halogens is 1. The third-order valence-electron chi connectivity index (χ3n) is 3.89. The molecule has 0 saturated heterocycles. The van der Waals surface area contributed by atoms with Crippen LogP contribution in [0.4, 0.5) is 5.69 Å². The summed E-state index contributed by atoms with van der Waals surface area (Å²) in [4.78, 5) is 12.3. The highest BCUT2D eigenvalue weighted by molar-refractivity contribution is 6.30. The summed E-state index contributed by atoms with van der Waals surface area (Å²) in [6.07, 6.45) is 0.851. The van der Waals surface area contributed by atoms with Gasteiger partial charge in [0, 0.05) is 16.6 Å². The fraction of sp³-hybridized carbons (Fsp3) is 0.278. The van der Waals surface area contributed by atoms with E-state index in [1.165, 1.54) is 0 Å². The van der Waals surface area contributed by atoms with Crippen LogP contribution >= 0.6 is 11.6 Å². The van der Waals surface area contributed by atoms with E-state index in [-0.39, 0.29) is 31.0 Å². The van der Waals surface area contributed by atoms with E-state index in [1.54, 1.807) is 24.3 Å². The van der Waals surface area contributed by atoms with E-state index in [9.17, 15) is 4.79 Å². The van der Waals surface area contributed by atoms with Gasteiger partial charge in [-0.2, -0.15) is 0 Å². The molecule has 120 valence electrons. The van der Waals surface area contributed by atoms with Crippen molar-refractivity contribution in [2.75, 3.05) is 18.5 Å². The Morgan fingerprint density at radius 2 is 2.04 bits per heavy atom. The molecule has 5 heteroatoms. The van der Waals surface area contributed by atoms with Crippen LogP contribution in [-0.2, 0) is 4.79 Å². The first-order valence-electron chi connectivity index (χ1n) is 7.57. The number of benzene rings is 2. The molecule has 0 heterocycles. The molecular weight excluding hydrogens is 314 g/mol. The topological polar surface area (TPSA) is 58.6 Å². The number of aliphatic hydroxyl groups excluding tert-OH is 1. The average molecular weight is 332 g/mol. The van der Waals surface area contributed by atoms with Gasteiger partial charge in [0.25, 0.3) is 0 Å². The molecule has 0 spiro atoms. The molecule has 1 aliphatic carbocycles. The lowest BCUT2D eigenvalue weighted by molar-refractivity contribution is -0.117. The molecule has 1 aliphatic rings. The zero-order chi connectivity index (χ0) is 16.2. The van der Waals surface area contributed by atoms with Gasteiger partial charge in [-0.3, -0.25) is 4.79 Å². The lowest BCUT2D eigenvalue weighted by Gasteiger charge is -2.07. The Bertz CT molecular complexity index is 687. The number of amides is 1. The van der Waals surface area contributed by atoms with Crippen LogP contribution in [0.5, 0.6) is 5.75 Å². The Kier molecular flexibility index (Phi) is 4.84. The van der Waals surface area contributed by atoms with Gasteiger partial charge in [-0.15, -0.1) is 0 Å². The standard InChI is InChI=1S/C18H18ClNO3/c19-13-3-1-2-12(10-13)16-11-17(16)18(22)20-14-4-6-15(7-5-14)23-9-8-21/h1-7,10,16-17,21H,8-9,11H2,(H,20,22). The molecule has 2 aromatic carbocycles. The van der Waals surface area contributed by atoms with Crippen LogP contribution < -0.4 is 10.1 Å². The lowest BCUT2D eigenvalue weighted by atomic mass is 10.1. The molecule has 4 nitrogen and oxygen atoms in total. The predicted octanol–water partition coefficient (Wildman–Crippen LogP) is 3.45. The fourth-order valence-electron chi connectivity index (χ4n) is 2.62. The van der Waals surface area contributed by atoms with E-state index >= 15 is 0 Å². The normalized spacial score (nSPS) is 19.2. The Morgan fingerprint density at radius 1 is 1.26 bits per heavy atom. The Labute approximate surface area is 140 Å². The lowest BCUT2D eigenvalue weighted by Crippen LogP contribution is -2.14. The van der Waals surface area contributed by atoms with E-state index in [4.69, 9.17) is 21.4 Å². The van der Waals surface area contributed by atoms with Crippen LogP contribution in [0.2, 0.25) is 5.02 Å². The summed E-state index contributed by atoms with van der Waals surface area (Å²) in [5, 5.41) is 12.3. The first kappa shape index (κ1) is 15.8. The molecule has 2 N–H and O–H groups in total. The molecule has 1 saturated carbocycles. The fourth-order valence-corrected chi connectivity index (χ4v) is 2.82. The summed E-state index contributed by atoms with van der Waals surface area (Å²) >= 11 is 6.00. The SMILES string of the molecule is O=C(Nc1ccc(OCCO)cc1)C1CC1c1cccc(Cl)c1. The summed E-state index contributed by atoms with van der Waals surface area (Å²) in [5.74, 6) is 0.943. The maximum atomic E-state index is 12.3. The average Bonchev–Trinajstić information content (AvgIpc) is 3.35. The number of rotatable bonds is 6. The van der Waals surface area contributed by atoms with Crippen molar-refractivity contribution in [1.82, 2.24) is 0 Å². The highest BCUT2D eigenvalue weighted by atomic mass is 35.5. The number of hydrogen-bond donors (Lipinski definition) is 2. The number of ether oxygens (including phenoxy) is 1. The molecule has 2 atom stereocenters. The van der Waals surface area contributed by atoms with Crippen molar-refractivity contribution in [2.45, 2.75) is 12.3 Å². The molecular formula is C18H18ClNO3. The minimum atomic E-state index is -0.0228. The van der Waals surface area contributed by atoms with Gasteiger partial charge in [-0.05, 0) is 54.3 Å². The Hall–Kier alpha value is -2.04. The number of anilines is 1. The van der Waals surface area contributed by atoms with Crippen molar-refractivity contribution < 1.29 is 14.6 Å². The highest BCUT2D eigenvalue weighted by Gasteiger charge is 2.43. The molecule has 0 aliphatic heterocycles. The second kappa shape index (κ2) is 7.02. The Balaban J connectivity index is 1.56. The van der Waals surface area contributed by atoms with E-state index in [2.05, 4.69) is 5.32 Å². The number of nitrogens with one attached hydrogen (secondary N) is 1. The monoisotopic (exact) mass is 331 g/mol. The minimum absolute atomic E-state index is 0.00113. The zero-order valence-electron chi connectivity index (χ0n) is 12.5. The molecule has 3 rings (SSSR count). The van der Waals surface area contributed by atoms with Crippen molar-refractivity contribution >= 4 is 23.2 Å². The zero-order valence-corrected chi connectivity index (χ0v) is 13.3. The van der Waals surface area contributed by atoms with Crippen molar-refractivity contribution in [2.24, 2.45) is 5.92 Å². The molecule has 2 aromatic rings. The van der Waals surface area contributed by atoms with E-state index in [0.717, 1.165) is 17.7 Å². The molecule has 0 bridgehead atoms. The van der Waals surface area contributed by atoms with Gasteiger partial charge in [0.2, 0.25) is 5.91 Å². The molecule has 1 amide bonds. The van der Waals surface area contributed by atoms with Crippen molar-refractivity contribution in [3.8, 4) is 5.75 Å². The minimum Gasteiger partial charge on any atom is -0.491 e. The van der Waals surface area contributed by atoms with Gasteiger partial charge in [-0.1, -0.05) is 23.7 Å². The Morgan fingerprint density at radius 3 is 2.74 bits per heavy atom. The van der Waals surface area contributed by atoms with Gasteiger partial charge in [0.15, 0.2) is 0 Å². The number of hydrogen-bond acceptors (Lipinski definition) is 3. The van der Waals surface area contributed by atoms with Crippen molar-refractivity contribution in [1.29, 1.82) is 0 Å². The first-order chi connectivity index (χ1) is 11.2. The van der Waals surface area contributed by atoms with E-state index < -0.39 is 0 Å². The largest absolute Gasteiger partial charge is 0.491 e. The van der Waals surface area contributed by atoms with Gasteiger partial charge in [-0.25, -0.2) is 0 Å². The summed E-state index contributed by atoms with van der Waals surface area (Å²) in [5.41, 5.74) is 1.86. The summed E-state index contributed by atoms with van der Waals surface area (Å²) in [6.45, 7) is 0.236. The van der Waals surface area contributed by atoms with Crippen LogP contribution in [0.15, 0.2) is 48.5 Å². The quantitative estimate of drug-likeness (QED) is 0.852. The third-order valence-corrected chi connectivity index (χ3v) is 4.12. The molecule has 1 fully saturated rings. The third kappa shape index (κ3) is 4.03. The highest BCUT2D eigenvalue weighted by Crippen LogP contribution is 2.48. The number of aliphatic hydroxyl groups is 1. The number of carbonyl (C=O) groups excluding carboxylic acids is 1. The second-order valence-corrected chi connectivity index (χ2v) is 6.03. The first-order valence-corrected chi connectivity index (χ1v) is 7.95. The van der Waals surface area contributed by atoms with Crippen LogP contribution in [0.25, 0.3) is 0 Å². The van der Waals surface area contributed by atoms with E-state index in [1.807, 2.05) is 24.3 Å². The van der Waals surface area contributed by atoms with Gasteiger partial charge in [0.05, 0.1) is 6.61 Å². The smallest absolute Gasteiger partial charge is 0.228 e. The van der Waals surface area contributed by atoms with Crippen molar-refractivity contribution in [3.63, 3.8) is 0 Å². The maximum absolute atomic E-state index is 12.3. The molecule has 0 aromatic heterocycles. The maximum Gasteiger partial charge on any atom is 0.228 e. The second-order valence-electron chi connectivity index (χ2n) is 5.59. The van der Waals surface area contributed by atoms with Crippen molar-refractivity contribution in [3.05, 3.63) is 59.1 Å². The number of carbonyl (C=O) groups is 1. The molecule has 23 heavy (non-hydrogen) atoms. The van der Waals surface area contributed by atoms with Crippen LogP contribution in [0.1, 0.15) is 17.9 Å². The van der Waals surface area contributed by atoms with E-state index in [0.29, 0.717) is 10.8 Å². The molecule has 2 unspecified atom stereocenters. The summed E-state index contributed by atoms with van der Waals surface area (Å²) in [7, 11) is 0. The van der Waals surface area contributed by atoms with Gasteiger partial charge < -0.3 is 15.2 Å². The predicted molar refractivity (Wildman–Crippen MR) is 90.0 cm³/mol. The summed E-state index contributed by atoms with van der Waals surface area (Å²) < 4.78 is 5.29.